The van der Waals surface area contributed by atoms with E-state index in [0.717, 1.165) is 18.7 Å². The molecule has 1 fully saturated rings. The van der Waals surface area contributed by atoms with Crippen LogP contribution in [0.3, 0.4) is 0 Å². The van der Waals surface area contributed by atoms with Crippen molar-refractivity contribution in [3.8, 4) is 17.2 Å². The molecule has 3 heterocycles. The lowest BCUT2D eigenvalue weighted by atomic mass is 10.2. The van der Waals surface area contributed by atoms with E-state index in [1.54, 1.807) is 34.3 Å². The molecule has 41 heavy (non-hydrogen) atoms. The van der Waals surface area contributed by atoms with Crippen molar-refractivity contribution in [2.45, 2.75) is 20.0 Å². The van der Waals surface area contributed by atoms with Crippen LogP contribution in [0.1, 0.15) is 18.2 Å². The van der Waals surface area contributed by atoms with E-state index in [1.807, 2.05) is 43.3 Å². The molecule has 2 aliphatic rings. The van der Waals surface area contributed by atoms with Gasteiger partial charge in [0, 0.05) is 32.7 Å². The summed E-state index contributed by atoms with van der Waals surface area (Å²) in [7, 11) is 0. The Labute approximate surface area is 239 Å². The summed E-state index contributed by atoms with van der Waals surface area (Å²) in [5.74, 6) is 2.33. The van der Waals surface area contributed by atoms with E-state index < -0.39 is 0 Å². The number of amides is 3. The number of morpholine rings is 1. The third kappa shape index (κ3) is 7.71. The van der Waals surface area contributed by atoms with Gasteiger partial charge in [0.1, 0.15) is 18.1 Å². The Balaban J connectivity index is 1.33. The second-order valence-corrected chi connectivity index (χ2v) is 9.75. The third-order valence-electron chi connectivity index (χ3n) is 6.92. The van der Waals surface area contributed by atoms with Gasteiger partial charge >= 0.3 is 6.03 Å². The van der Waals surface area contributed by atoms with Crippen LogP contribution in [0.5, 0.6) is 17.2 Å². The Bertz CT molecular complexity index is 1290. The molecule has 0 bridgehead atoms. The molecule has 1 aromatic heterocycles. The Morgan fingerprint density at radius 3 is 2.61 bits per heavy atom. The number of hydrogen-bond donors (Lipinski definition) is 1. The highest BCUT2D eigenvalue weighted by Crippen LogP contribution is 2.33. The fourth-order valence-electron chi connectivity index (χ4n) is 4.73. The van der Waals surface area contributed by atoms with Crippen molar-refractivity contribution in [1.29, 1.82) is 0 Å². The molecule has 11 nitrogen and oxygen atoms in total. The number of hydrogen-bond acceptors (Lipinski definition) is 8. The number of carbonyl (C=O) groups is 2. The lowest BCUT2D eigenvalue weighted by Crippen LogP contribution is -2.48. The van der Waals surface area contributed by atoms with Gasteiger partial charge in [0.15, 0.2) is 11.5 Å². The highest BCUT2D eigenvalue weighted by Gasteiger charge is 2.25. The second kappa shape index (κ2) is 13.9. The zero-order chi connectivity index (χ0) is 28.4. The van der Waals surface area contributed by atoms with Crippen molar-refractivity contribution in [2.75, 3.05) is 64.7 Å². The highest BCUT2D eigenvalue weighted by molar-refractivity contribution is 5.93. The van der Waals surface area contributed by atoms with Gasteiger partial charge in [-0.05, 0) is 48.9 Å². The SMILES string of the molecule is CCOc1ccccc1NC(=O)N(CCN1CCOCC1)CC(=O)N(Cc1ccc2c(c1)OCO2)Cc1ccco1. The van der Waals surface area contributed by atoms with Gasteiger partial charge in [0.25, 0.3) is 0 Å². The lowest BCUT2D eigenvalue weighted by Gasteiger charge is -2.31. The number of nitrogens with zero attached hydrogens (tertiary/aromatic N) is 3. The average molecular weight is 565 g/mol. The number of rotatable bonds is 12. The summed E-state index contributed by atoms with van der Waals surface area (Å²) in [6.45, 7) is 6.84. The molecule has 218 valence electrons. The first-order valence-electron chi connectivity index (χ1n) is 13.9. The summed E-state index contributed by atoms with van der Waals surface area (Å²) in [6, 6.07) is 16.1. The minimum absolute atomic E-state index is 0.113. The quantitative estimate of drug-likeness (QED) is 0.354. The monoisotopic (exact) mass is 564 g/mol. The largest absolute Gasteiger partial charge is 0.492 e. The van der Waals surface area contributed by atoms with Gasteiger partial charge in [-0.25, -0.2) is 4.79 Å². The predicted molar refractivity (Wildman–Crippen MR) is 151 cm³/mol. The van der Waals surface area contributed by atoms with E-state index >= 15 is 0 Å². The van der Waals surface area contributed by atoms with Gasteiger partial charge in [-0.2, -0.15) is 0 Å². The maximum absolute atomic E-state index is 13.8. The van der Waals surface area contributed by atoms with Crippen LogP contribution in [-0.4, -0.2) is 86.0 Å². The molecule has 1 saturated heterocycles. The highest BCUT2D eigenvalue weighted by atomic mass is 16.7. The number of ether oxygens (including phenoxy) is 4. The van der Waals surface area contributed by atoms with Crippen LogP contribution in [0, 0.1) is 0 Å². The molecule has 3 amide bonds. The summed E-state index contributed by atoms with van der Waals surface area (Å²) >= 11 is 0. The van der Waals surface area contributed by atoms with Crippen LogP contribution in [0.2, 0.25) is 0 Å². The summed E-state index contributed by atoms with van der Waals surface area (Å²) in [6.07, 6.45) is 1.58. The molecule has 0 aliphatic carbocycles. The molecule has 0 spiro atoms. The Morgan fingerprint density at radius 2 is 1.80 bits per heavy atom. The van der Waals surface area contributed by atoms with Gasteiger partial charge in [-0.1, -0.05) is 18.2 Å². The van der Waals surface area contributed by atoms with Crippen LogP contribution >= 0.6 is 0 Å². The predicted octanol–water partition coefficient (Wildman–Crippen LogP) is 3.80. The van der Waals surface area contributed by atoms with Crippen molar-refractivity contribution >= 4 is 17.6 Å². The van der Waals surface area contributed by atoms with Crippen LogP contribution < -0.4 is 19.5 Å². The topological polar surface area (TPSA) is 106 Å². The van der Waals surface area contributed by atoms with Crippen molar-refractivity contribution in [3.63, 3.8) is 0 Å². The third-order valence-corrected chi connectivity index (χ3v) is 6.92. The van der Waals surface area contributed by atoms with Crippen LogP contribution in [0.4, 0.5) is 10.5 Å². The standard InChI is InChI=1S/C30H36N4O7/c1-2-38-26-8-4-3-7-25(26)31-30(36)33(12-11-32-13-16-37-17-14-32)21-29(35)34(20-24-6-5-15-39-24)19-23-9-10-27-28(18-23)41-22-40-27/h3-10,15,18H,2,11-14,16-17,19-22H2,1H3,(H,31,36). The minimum atomic E-state index is -0.375. The molecule has 0 unspecified atom stereocenters. The van der Waals surface area contributed by atoms with Gasteiger partial charge in [-0.3, -0.25) is 9.69 Å². The first kappa shape index (κ1) is 28.3. The maximum atomic E-state index is 13.8. The summed E-state index contributed by atoms with van der Waals surface area (Å²) in [4.78, 5) is 32.9. The van der Waals surface area contributed by atoms with Crippen molar-refractivity contribution in [2.24, 2.45) is 0 Å². The fourth-order valence-corrected chi connectivity index (χ4v) is 4.73. The number of carbonyl (C=O) groups excluding carboxylic acids is 2. The maximum Gasteiger partial charge on any atom is 0.322 e. The first-order chi connectivity index (χ1) is 20.1. The van der Waals surface area contributed by atoms with Gasteiger partial charge in [0.2, 0.25) is 12.7 Å². The number of anilines is 1. The minimum Gasteiger partial charge on any atom is -0.492 e. The molecule has 11 heteroatoms. The average Bonchev–Trinajstić information content (AvgIpc) is 3.68. The number of furan rings is 1. The number of benzene rings is 2. The van der Waals surface area contributed by atoms with Crippen LogP contribution in [0.15, 0.2) is 65.3 Å². The van der Waals surface area contributed by atoms with Gasteiger partial charge < -0.3 is 38.5 Å². The first-order valence-corrected chi connectivity index (χ1v) is 13.9. The Hall–Kier alpha value is -4.22. The Kier molecular flexibility index (Phi) is 9.61. The number of urea groups is 1. The second-order valence-electron chi connectivity index (χ2n) is 9.75. The molecule has 3 aromatic rings. The van der Waals surface area contributed by atoms with E-state index in [2.05, 4.69) is 10.2 Å². The van der Waals surface area contributed by atoms with E-state index in [0.29, 0.717) is 68.2 Å². The van der Waals surface area contributed by atoms with Crippen LogP contribution in [0.25, 0.3) is 0 Å². The fraction of sp³-hybridized carbons (Fsp3) is 0.400. The number of nitrogens with one attached hydrogen (secondary N) is 1. The molecule has 0 radical (unpaired) electrons. The molecular weight excluding hydrogens is 528 g/mol. The molecule has 0 saturated carbocycles. The molecule has 2 aromatic carbocycles. The van der Waals surface area contributed by atoms with Crippen molar-refractivity contribution < 1.29 is 33.0 Å². The normalized spacial score (nSPS) is 14.5. The summed E-state index contributed by atoms with van der Waals surface area (Å²) in [5, 5.41) is 2.95. The summed E-state index contributed by atoms with van der Waals surface area (Å²) in [5.41, 5.74) is 1.43. The molecular formula is C30H36N4O7. The van der Waals surface area contributed by atoms with E-state index in [9.17, 15) is 9.59 Å². The van der Waals surface area contributed by atoms with E-state index in [-0.39, 0.29) is 31.8 Å². The molecule has 1 N–H and O–H groups in total. The molecule has 0 atom stereocenters. The van der Waals surface area contributed by atoms with Gasteiger partial charge in [0.05, 0.1) is 38.3 Å². The number of para-hydroxylation sites is 2. The molecule has 2 aliphatic heterocycles. The van der Waals surface area contributed by atoms with Gasteiger partial charge in [-0.15, -0.1) is 0 Å². The van der Waals surface area contributed by atoms with E-state index in [1.165, 1.54) is 0 Å². The van der Waals surface area contributed by atoms with Crippen LogP contribution in [-0.2, 0) is 22.6 Å². The summed E-state index contributed by atoms with van der Waals surface area (Å²) < 4.78 is 27.7. The van der Waals surface area contributed by atoms with Crippen molar-refractivity contribution in [1.82, 2.24) is 14.7 Å². The Morgan fingerprint density at radius 1 is 0.976 bits per heavy atom. The van der Waals surface area contributed by atoms with Crippen molar-refractivity contribution in [3.05, 3.63) is 72.2 Å². The van der Waals surface area contributed by atoms with E-state index in [4.69, 9.17) is 23.4 Å². The zero-order valence-corrected chi connectivity index (χ0v) is 23.3. The molecule has 5 rings (SSSR count). The lowest BCUT2D eigenvalue weighted by molar-refractivity contribution is -0.133. The zero-order valence-electron chi connectivity index (χ0n) is 23.3. The number of fused-ring (bicyclic) bond motifs is 1. The smallest absolute Gasteiger partial charge is 0.322 e.